The molecule has 0 aliphatic heterocycles. The van der Waals surface area contributed by atoms with Crippen LogP contribution in [0, 0.1) is 5.92 Å². The van der Waals surface area contributed by atoms with Gasteiger partial charge < -0.3 is 14.2 Å². The minimum Gasteiger partial charge on any atom is -0.469 e. The zero-order valence-electron chi connectivity index (χ0n) is 11.2. The summed E-state index contributed by atoms with van der Waals surface area (Å²) in [5.74, 6) is -1.78. The number of carbonyl (C=O) groups is 3. The van der Waals surface area contributed by atoms with Crippen LogP contribution in [0.25, 0.3) is 0 Å². The van der Waals surface area contributed by atoms with Gasteiger partial charge in [-0.1, -0.05) is 0 Å². The fourth-order valence-corrected chi connectivity index (χ4v) is 1.43. The van der Waals surface area contributed by atoms with E-state index in [0.29, 0.717) is 12.8 Å². The quantitative estimate of drug-likeness (QED) is 0.503. The highest BCUT2D eigenvalue weighted by atomic mass is 16.5. The average molecular weight is 260 g/mol. The molecule has 6 heteroatoms. The smallest absolute Gasteiger partial charge is 0.312 e. The van der Waals surface area contributed by atoms with Crippen molar-refractivity contribution in [1.82, 2.24) is 0 Å². The Bertz CT molecular complexity index is 299. The standard InChI is InChI=1S/C12H20O6/c1-8(18-10(3)14)5-6-11(12(15)16-4)7-17-9(2)13/h8,11H,5-7H2,1-4H3. The third kappa shape index (κ3) is 7.65. The fraction of sp³-hybridized carbons (Fsp3) is 0.750. The van der Waals surface area contributed by atoms with E-state index < -0.39 is 17.9 Å². The third-order valence-electron chi connectivity index (χ3n) is 2.31. The Morgan fingerprint density at radius 1 is 1.06 bits per heavy atom. The topological polar surface area (TPSA) is 78.9 Å². The first-order chi connectivity index (χ1) is 8.36. The minimum absolute atomic E-state index is 0.0190. The van der Waals surface area contributed by atoms with Crippen molar-refractivity contribution in [3.05, 3.63) is 0 Å². The first-order valence-electron chi connectivity index (χ1n) is 5.75. The van der Waals surface area contributed by atoms with Gasteiger partial charge in [-0.3, -0.25) is 14.4 Å². The number of ether oxygens (including phenoxy) is 3. The van der Waals surface area contributed by atoms with Crippen LogP contribution in [0.3, 0.4) is 0 Å². The maximum absolute atomic E-state index is 11.4. The number of hydrogen-bond acceptors (Lipinski definition) is 6. The number of methoxy groups -OCH3 is 1. The number of esters is 3. The number of carbonyl (C=O) groups excluding carboxylic acids is 3. The van der Waals surface area contributed by atoms with Crippen molar-refractivity contribution >= 4 is 17.9 Å². The van der Waals surface area contributed by atoms with Crippen molar-refractivity contribution in [3.8, 4) is 0 Å². The van der Waals surface area contributed by atoms with Crippen LogP contribution in [0.5, 0.6) is 0 Å². The lowest BCUT2D eigenvalue weighted by Gasteiger charge is -2.17. The van der Waals surface area contributed by atoms with E-state index >= 15 is 0 Å². The van der Waals surface area contributed by atoms with Crippen molar-refractivity contribution in [1.29, 1.82) is 0 Å². The second kappa shape index (κ2) is 8.49. The van der Waals surface area contributed by atoms with Gasteiger partial charge in [-0.15, -0.1) is 0 Å². The van der Waals surface area contributed by atoms with Crippen LogP contribution in [0.1, 0.15) is 33.6 Å². The highest BCUT2D eigenvalue weighted by molar-refractivity contribution is 5.73. The molecule has 2 atom stereocenters. The Hall–Kier alpha value is -1.59. The summed E-state index contributed by atoms with van der Waals surface area (Å²) in [5.41, 5.74) is 0. The summed E-state index contributed by atoms with van der Waals surface area (Å²) < 4.78 is 14.4. The summed E-state index contributed by atoms with van der Waals surface area (Å²) >= 11 is 0. The van der Waals surface area contributed by atoms with E-state index in [2.05, 4.69) is 4.74 Å². The van der Waals surface area contributed by atoms with E-state index in [1.54, 1.807) is 6.92 Å². The van der Waals surface area contributed by atoms with Crippen LogP contribution in [0.15, 0.2) is 0 Å². The van der Waals surface area contributed by atoms with Crippen molar-refractivity contribution in [2.45, 2.75) is 39.7 Å². The van der Waals surface area contributed by atoms with Gasteiger partial charge >= 0.3 is 17.9 Å². The summed E-state index contributed by atoms with van der Waals surface area (Å²) in [6, 6.07) is 0. The Kier molecular flexibility index (Phi) is 7.74. The third-order valence-corrected chi connectivity index (χ3v) is 2.31. The van der Waals surface area contributed by atoms with Gasteiger partial charge in [0.1, 0.15) is 6.61 Å². The Morgan fingerprint density at radius 3 is 2.11 bits per heavy atom. The predicted octanol–water partition coefficient (Wildman–Crippen LogP) is 1.07. The zero-order chi connectivity index (χ0) is 14.1. The molecule has 104 valence electrons. The van der Waals surface area contributed by atoms with Crippen LogP contribution in [0.4, 0.5) is 0 Å². The maximum atomic E-state index is 11.4. The zero-order valence-corrected chi connectivity index (χ0v) is 11.2. The van der Waals surface area contributed by atoms with E-state index in [0.717, 1.165) is 0 Å². The molecule has 0 aromatic carbocycles. The summed E-state index contributed by atoms with van der Waals surface area (Å²) in [7, 11) is 1.28. The Labute approximate surface area is 107 Å². The minimum atomic E-state index is -0.531. The molecule has 0 rings (SSSR count). The van der Waals surface area contributed by atoms with Gasteiger partial charge in [-0.2, -0.15) is 0 Å². The van der Waals surface area contributed by atoms with E-state index in [1.165, 1.54) is 21.0 Å². The Morgan fingerprint density at radius 2 is 1.67 bits per heavy atom. The molecule has 2 unspecified atom stereocenters. The van der Waals surface area contributed by atoms with Crippen LogP contribution in [-0.4, -0.2) is 37.7 Å². The molecule has 0 aromatic heterocycles. The normalized spacial score (nSPS) is 13.3. The SMILES string of the molecule is COC(=O)C(CCC(C)OC(C)=O)COC(C)=O. The van der Waals surface area contributed by atoms with Gasteiger partial charge in [-0.05, 0) is 19.8 Å². The van der Waals surface area contributed by atoms with Gasteiger partial charge in [0.25, 0.3) is 0 Å². The highest BCUT2D eigenvalue weighted by Gasteiger charge is 2.22. The maximum Gasteiger partial charge on any atom is 0.312 e. The van der Waals surface area contributed by atoms with Gasteiger partial charge in [0.15, 0.2) is 0 Å². The lowest BCUT2D eigenvalue weighted by molar-refractivity contribution is -0.152. The molecule has 0 aliphatic carbocycles. The molecule has 18 heavy (non-hydrogen) atoms. The van der Waals surface area contributed by atoms with Crippen molar-refractivity contribution in [2.24, 2.45) is 5.92 Å². The monoisotopic (exact) mass is 260 g/mol. The molecule has 0 radical (unpaired) electrons. The molecule has 0 saturated heterocycles. The Balaban J connectivity index is 4.19. The molecule has 6 nitrogen and oxygen atoms in total. The average Bonchev–Trinajstić information content (AvgIpc) is 2.26. The molecule has 0 bridgehead atoms. The lowest BCUT2D eigenvalue weighted by Crippen LogP contribution is -2.24. The molecule has 0 heterocycles. The first kappa shape index (κ1) is 16.4. The van der Waals surface area contributed by atoms with E-state index in [1.807, 2.05) is 0 Å². The summed E-state index contributed by atoms with van der Waals surface area (Å²) in [4.78, 5) is 32.9. The van der Waals surface area contributed by atoms with Crippen LogP contribution < -0.4 is 0 Å². The van der Waals surface area contributed by atoms with Crippen molar-refractivity contribution in [3.63, 3.8) is 0 Å². The molecule has 0 spiro atoms. The molecule has 0 saturated carbocycles. The second-order valence-corrected chi connectivity index (χ2v) is 4.02. The van der Waals surface area contributed by atoms with Gasteiger partial charge in [0.2, 0.25) is 0 Å². The van der Waals surface area contributed by atoms with Gasteiger partial charge in [0, 0.05) is 13.8 Å². The van der Waals surface area contributed by atoms with Crippen LogP contribution >= 0.6 is 0 Å². The summed E-state index contributed by atoms with van der Waals surface area (Å²) in [6.45, 7) is 4.32. The molecule has 0 aromatic rings. The summed E-state index contributed by atoms with van der Waals surface area (Å²) in [5, 5.41) is 0. The van der Waals surface area contributed by atoms with E-state index in [9.17, 15) is 14.4 Å². The van der Waals surface area contributed by atoms with Gasteiger partial charge in [0.05, 0.1) is 19.1 Å². The van der Waals surface area contributed by atoms with E-state index in [-0.39, 0.29) is 18.7 Å². The van der Waals surface area contributed by atoms with E-state index in [4.69, 9.17) is 9.47 Å². The largest absolute Gasteiger partial charge is 0.469 e. The summed E-state index contributed by atoms with van der Waals surface area (Å²) in [6.07, 6.45) is 0.640. The number of rotatable bonds is 7. The van der Waals surface area contributed by atoms with Crippen LogP contribution in [0.2, 0.25) is 0 Å². The molecular formula is C12H20O6. The molecule has 0 N–H and O–H groups in total. The van der Waals surface area contributed by atoms with Crippen LogP contribution in [-0.2, 0) is 28.6 Å². The molecule has 0 fully saturated rings. The molecule has 0 amide bonds. The van der Waals surface area contributed by atoms with Gasteiger partial charge in [-0.25, -0.2) is 0 Å². The number of hydrogen-bond donors (Lipinski definition) is 0. The first-order valence-corrected chi connectivity index (χ1v) is 5.75. The second-order valence-electron chi connectivity index (χ2n) is 4.02. The predicted molar refractivity (Wildman–Crippen MR) is 62.6 cm³/mol. The highest BCUT2D eigenvalue weighted by Crippen LogP contribution is 2.13. The molecule has 0 aliphatic rings. The van der Waals surface area contributed by atoms with Crippen molar-refractivity contribution < 1.29 is 28.6 Å². The van der Waals surface area contributed by atoms with Crippen molar-refractivity contribution in [2.75, 3.05) is 13.7 Å². The fourth-order valence-electron chi connectivity index (χ4n) is 1.43. The molecular weight excluding hydrogens is 240 g/mol. The lowest BCUT2D eigenvalue weighted by atomic mass is 10.0.